The molecule has 0 aliphatic carbocycles. The second-order valence-electron chi connectivity index (χ2n) is 4.17. The van der Waals surface area contributed by atoms with Crippen molar-refractivity contribution >= 4 is 11.3 Å². The quantitative estimate of drug-likeness (QED) is 0.794. The molecule has 0 amide bonds. The Hall–Kier alpha value is -1.26. The van der Waals surface area contributed by atoms with Crippen molar-refractivity contribution in [2.75, 3.05) is 0 Å². The zero-order valence-corrected chi connectivity index (χ0v) is 10.00. The molecular weight excluding hydrogens is 218 g/mol. The Morgan fingerprint density at radius 3 is 3.12 bits per heavy atom. The van der Waals surface area contributed by atoms with E-state index in [0.717, 1.165) is 19.6 Å². The predicted octanol–water partition coefficient (Wildman–Crippen LogP) is 2.36. The Balaban J connectivity index is 1.75. The molecule has 4 heteroatoms. The Kier molecular flexibility index (Phi) is 2.46. The van der Waals surface area contributed by atoms with Crippen molar-refractivity contribution in [3.8, 4) is 0 Å². The van der Waals surface area contributed by atoms with Gasteiger partial charge in [0.05, 0.1) is 5.69 Å². The lowest BCUT2D eigenvalue weighted by atomic mass is 10.3. The fourth-order valence-electron chi connectivity index (χ4n) is 2.05. The molecule has 0 bridgehead atoms. The summed E-state index contributed by atoms with van der Waals surface area (Å²) in [6.45, 7) is 5.14. The molecule has 1 aliphatic rings. The monoisotopic (exact) mass is 231 g/mol. The SMILES string of the molecule is Cc1ccsc1CN1Cc2cncnc2C1. The molecule has 82 valence electrons. The van der Waals surface area contributed by atoms with Crippen molar-refractivity contribution in [3.05, 3.63) is 45.7 Å². The Morgan fingerprint density at radius 2 is 2.38 bits per heavy atom. The molecule has 0 N–H and O–H groups in total. The second-order valence-corrected chi connectivity index (χ2v) is 5.17. The minimum Gasteiger partial charge on any atom is -0.288 e. The van der Waals surface area contributed by atoms with Gasteiger partial charge in [-0.3, -0.25) is 4.90 Å². The largest absolute Gasteiger partial charge is 0.288 e. The van der Waals surface area contributed by atoms with Gasteiger partial charge in [0.1, 0.15) is 6.33 Å². The number of thiophene rings is 1. The fraction of sp³-hybridized carbons (Fsp3) is 0.333. The van der Waals surface area contributed by atoms with Crippen LogP contribution in [-0.4, -0.2) is 14.9 Å². The molecule has 1 aliphatic heterocycles. The number of rotatable bonds is 2. The second kappa shape index (κ2) is 3.96. The molecule has 3 rings (SSSR count). The minimum absolute atomic E-state index is 0.954. The number of hydrogen-bond acceptors (Lipinski definition) is 4. The van der Waals surface area contributed by atoms with E-state index in [1.165, 1.54) is 21.7 Å². The van der Waals surface area contributed by atoms with Gasteiger partial charge < -0.3 is 0 Å². The van der Waals surface area contributed by atoms with E-state index in [0.29, 0.717) is 0 Å². The summed E-state index contributed by atoms with van der Waals surface area (Å²) in [5.74, 6) is 0. The first-order valence-electron chi connectivity index (χ1n) is 5.36. The first-order chi connectivity index (χ1) is 7.83. The van der Waals surface area contributed by atoms with Gasteiger partial charge in [-0.1, -0.05) is 0 Å². The van der Waals surface area contributed by atoms with Crippen LogP contribution >= 0.6 is 11.3 Å². The van der Waals surface area contributed by atoms with Crippen LogP contribution in [-0.2, 0) is 19.6 Å². The third kappa shape index (κ3) is 1.74. The Bertz CT molecular complexity index is 481. The molecule has 0 spiro atoms. The maximum Gasteiger partial charge on any atom is 0.115 e. The van der Waals surface area contributed by atoms with Gasteiger partial charge in [-0.15, -0.1) is 11.3 Å². The van der Waals surface area contributed by atoms with Gasteiger partial charge in [-0.2, -0.15) is 0 Å². The first-order valence-corrected chi connectivity index (χ1v) is 6.24. The van der Waals surface area contributed by atoms with Gasteiger partial charge in [-0.25, -0.2) is 9.97 Å². The van der Waals surface area contributed by atoms with E-state index in [-0.39, 0.29) is 0 Å². The Morgan fingerprint density at radius 1 is 1.44 bits per heavy atom. The molecule has 0 unspecified atom stereocenters. The molecule has 0 saturated carbocycles. The van der Waals surface area contributed by atoms with Gasteiger partial charge in [0.2, 0.25) is 0 Å². The summed E-state index contributed by atoms with van der Waals surface area (Å²) in [5.41, 5.74) is 3.85. The number of aryl methyl sites for hydroxylation is 1. The van der Waals surface area contributed by atoms with Crippen LogP contribution < -0.4 is 0 Å². The summed E-state index contributed by atoms with van der Waals surface area (Å²) in [6, 6.07) is 2.18. The predicted molar refractivity (Wildman–Crippen MR) is 64.0 cm³/mol. The zero-order valence-electron chi connectivity index (χ0n) is 9.18. The van der Waals surface area contributed by atoms with Crippen LogP contribution in [0, 0.1) is 6.92 Å². The summed E-state index contributed by atoms with van der Waals surface area (Å²) >= 11 is 1.84. The lowest BCUT2D eigenvalue weighted by molar-refractivity contribution is 0.276. The van der Waals surface area contributed by atoms with E-state index in [9.17, 15) is 0 Å². The molecule has 0 fully saturated rings. The van der Waals surface area contributed by atoms with Crippen LogP contribution in [0.5, 0.6) is 0 Å². The number of aromatic nitrogens is 2. The lowest BCUT2D eigenvalue weighted by Gasteiger charge is -2.13. The molecule has 0 atom stereocenters. The smallest absolute Gasteiger partial charge is 0.115 e. The number of fused-ring (bicyclic) bond motifs is 1. The topological polar surface area (TPSA) is 29.0 Å². The van der Waals surface area contributed by atoms with E-state index in [1.54, 1.807) is 6.33 Å². The van der Waals surface area contributed by atoms with Crippen molar-refractivity contribution in [3.63, 3.8) is 0 Å². The zero-order chi connectivity index (χ0) is 11.0. The third-order valence-electron chi connectivity index (χ3n) is 2.98. The van der Waals surface area contributed by atoms with Crippen LogP contribution in [0.25, 0.3) is 0 Å². The van der Waals surface area contributed by atoms with E-state index in [4.69, 9.17) is 0 Å². The molecular formula is C12H13N3S. The highest BCUT2D eigenvalue weighted by Gasteiger charge is 2.20. The molecule has 3 nitrogen and oxygen atoms in total. The molecule has 0 saturated heterocycles. The van der Waals surface area contributed by atoms with Crippen LogP contribution in [0.3, 0.4) is 0 Å². The van der Waals surface area contributed by atoms with Gasteiger partial charge in [0, 0.05) is 36.3 Å². The summed E-state index contributed by atoms with van der Waals surface area (Å²) in [6.07, 6.45) is 3.57. The van der Waals surface area contributed by atoms with E-state index >= 15 is 0 Å². The maximum absolute atomic E-state index is 4.31. The van der Waals surface area contributed by atoms with Crippen molar-refractivity contribution in [1.82, 2.24) is 14.9 Å². The van der Waals surface area contributed by atoms with Crippen molar-refractivity contribution in [1.29, 1.82) is 0 Å². The molecule has 0 aromatic carbocycles. The number of hydrogen-bond donors (Lipinski definition) is 0. The van der Waals surface area contributed by atoms with Crippen LogP contribution in [0.2, 0.25) is 0 Å². The van der Waals surface area contributed by atoms with E-state index in [1.807, 2.05) is 17.5 Å². The highest BCUT2D eigenvalue weighted by molar-refractivity contribution is 7.10. The summed E-state index contributed by atoms with van der Waals surface area (Å²) in [4.78, 5) is 12.3. The molecule has 0 radical (unpaired) electrons. The van der Waals surface area contributed by atoms with E-state index < -0.39 is 0 Å². The fourth-order valence-corrected chi connectivity index (χ4v) is 3.00. The average Bonchev–Trinajstić information content (AvgIpc) is 2.85. The van der Waals surface area contributed by atoms with Gasteiger partial charge in [-0.05, 0) is 23.9 Å². The third-order valence-corrected chi connectivity index (χ3v) is 3.99. The van der Waals surface area contributed by atoms with Gasteiger partial charge in [0.15, 0.2) is 0 Å². The molecule has 3 heterocycles. The maximum atomic E-state index is 4.31. The van der Waals surface area contributed by atoms with Gasteiger partial charge in [0.25, 0.3) is 0 Å². The van der Waals surface area contributed by atoms with Crippen LogP contribution in [0.1, 0.15) is 21.7 Å². The highest BCUT2D eigenvalue weighted by Crippen LogP contribution is 2.24. The normalized spacial score (nSPS) is 15.3. The standard InChI is InChI=1S/C12H13N3S/c1-9-2-3-16-12(9)7-15-5-10-4-13-8-14-11(10)6-15/h2-4,8H,5-7H2,1H3. The molecule has 2 aromatic rings. The van der Waals surface area contributed by atoms with Crippen LogP contribution in [0.15, 0.2) is 24.0 Å². The summed E-state index contributed by atoms with van der Waals surface area (Å²) < 4.78 is 0. The first kappa shape index (κ1) is 9.93. The van der Waals surface area contributed by atoms with E-state index in [2.05, 4.69) is 33.2 Å². The molecule has 16 heavy (non-hydrogen) atoms. The van der Waals surface area contributed by atoms with Crippen LogP contribution in [0.4, 0.5) is 0 Å². The highest BCUT2D eigenvalue weighted by atomic mass is 32.1. The summed E-state index contributed by atoms with van der Waals surface area (Å²) in [5, 5.41) is 2.16. The Labute approximate surface area is 98.8 Å². The minimum atomic E-state index is 0.954. The summed E-state index contributed by atoms with van der Waals surface area (Å²) in [7, 11) is 0. The molecule has 2 aromatic heterocycles. The number of nitrogens with zero attached hydrogens (tertiary/aromatic N) is 3. The average molecular weight is 231 g/mol. The van der Waals surface area contributed by atoms with Crippen molar-refractivity contribution in [2.24, 2.45) is 0 Å². The van der Waals surface area contributed by atoms with Gasteiger partial charge >= 0.3 is 0 Å². The van der Waals surface area contributed by atoms with Crippen molar-refractivity contribution in [2.45, 2.75) is 26.6 Å². The lowest BCUT2D eigenvalue weighted by Crippen LogP contribution is -2.15. The van der Waals surface area contributed by atoms with Crippen molar-refractivity contribution < 1.29 is 0 Å².